The van der Waals surface area contributed by atoms with Gasteiger partial charge in [-0.25, -0.2) is 0 Å². The zero-order chi connectivity index (χ0) is 7.11. The van der Waals surface area contributed by atoms with Crippen molar-refractivity contribution in [3.05, 3.63) is 0 Å². The second-order valence-corrected chi connectivity index (χ2v) is 1.31. The Kier molecular flexibility index (Phi) is 4.56. The molecule has 0 N–H and O–H groups in total. The van der Waals surface area contributed by atoms with E-state index in [1.165, 1.54) is 14.0 Å². The summed E-state index contributed by atoms with van der Waals surface area (Å²) in [5, 5.41) is 0. The van der Waals surface area contributed by atoms with Gasteiger partial charge in [-0.1, -0.05) is 0 Å². The van der Waals surface area contributed by atoms with Gasteiger partial charge in [0.05, 0.1) is 0 Å². The molecule has 0 radical (unpaired) electrons. The summed E-state index contributed by atoms with van der Waals surface area (Å²) in [5.41, 5.74) is 0. The molecule has 3 heteroatoms. The van der Waals surface area contributed by atoms with Crippen LogP contribution in [0.5, 0.6) is 0 Å². The fourth-order valence-corrected chi connectivity index (χ4v) is 0.210. The molecule has 0 amide bonds. The van der Waals surface area contributed by atoms with Crippen LogP contribution in [-0.2, 0) is 14.3 Å². The van der Waals surface area contributed by atoms with Crippen molar-refractivity contribution in [3.8, 4) is 12.0 Å². The fourth-order valence-electron chi connectivity index (χ4n) is 0.210. The standard InChI is InChI=1S/C6H8O3/c1-6(7)9-5-3-4-8-2/h4H2,1-2H3. The highest BCUT2D eigenvalue weighted by molar-refractivity contribution is 5.67. The van der Waals surface area contributed by atoms with Crippen LogP contribution in [0.3, 0.4) is 0 Å². The minimum Gasteiger partial charge on any atom is -0.372 e. The molecule has 0 unspecified atom stereocenters. The molecule has 3 nitrogen and oxygen atoms in total. The lowest BCUT2D eigenvalue weighted by atomic mass is 10.7. The predicted molar refractivity (Wildman–Crippen MR) is 31.4 cm³/mol. The van der Waals surface area contributed by atoms with Gasteiger partial charge in [-0.15, -0.1) is 0 Å². The van der Waals surface area contributed by atoms with E-state index in [4.69, 9.17) is 0 Å². The van der Waals surface area contributed by atoms with Gasteiger partial charge < -0.3 is 9.47 Å². The molecular formula is C6H8O3. The first-order valence-electron chi connectivity index (χ1n) is 2.41. The molecule has 0 aliphatic heterocycles. The molecule has 0 saturated carbocycles. The Labute approximate surface area is 54.0 Å². The molecule has 0 aromatic rings. The molecule has 0 aliphatic carbocycles. The van der Waals surface area contributed by atoms with E-state index in [0.29, 0.717) is 0 Å². The highest BCUT2D eigenvalue weighted by Gasteiger charge is 1.82. The zero-order valence-corrected chi connectivity index (χ0v) is 5.43. The molecule has 0 bridgehead atoms. The van der Waals surface area contributed by atoms with Gasteiger partial charge in [-0.05, 0) is 5.92 Å². The van der Waals surface area contributed by atoms with Crippen molar-refractivity contribution < 1.29 is 14.3 Å². The van der Waals surface area contributed by atoms with Crippen molar-refractivity contribution in [1.29, 1.82) is 0 Å². The first-order chi connectivity index (χ1) is 4.27. The summed E-state index contributed by atoms with van der Waals surface area (Å²) < 4.78 is 8.82. The van der Waals surface area contributed by atoms with E-state index in [2.05, 4.69) is 21.5 Å². The highest BCUT2D eigenvalue weighted by atomic mass is 16.5. The smallest absolute Gasteiger partial charge is 0.316 e. The van der Waals surface area contributed by atoms with E-state index < -0.39 is 5.97 Å². The SMILES string of the molecule is COCC#COC(C)=O. The summed E-state index contributed by atoms with van der Waals surface area (Å²) in [4.78, 5) is 10.0. The lowest BCUT2D eigenvalue weighted by molar-refractivity contribution is -0.134. The Balaban J connectivity index is 3.26. The molecule has 0 fully saturated rings. The monoisotopic (exact) mass is 128 g/mol. The molecule has 0 aliphatic rings. The van der Waals surface area contributed by atoms with Gasteiger partial charge in [0.2, 0.25) is 0 Å². The second-order valence-electron chi connectivity index (χ2n) is 1.31. The fraction of sp³-hybridized carbons (Fsp3) is 0.500. The van der Waals surface area contributed by atoms with Crippen molar-refractivity contribution in [1.82, 2.24) is 0 Å². The van der Waals surface area contributed by atoms with Crippen molar-refractivity contribution in [2.45, 2.75) is 6.92 Å². The normalized spacial score (nSPS) is 7.33. The third-order valence-corrected chi connectivity index (χ3v) is 0.483. The topological polar surface area (TPSA) is 35.5 Å². The van der Waals surface area contributed by atoms with E-state index >= 15 is 0 Å². The van der Waals surface area contributed by atoms with Crippen LogP contribution in [0.1, 0.15) is 6.92 Å². The Morgan fingerprint density at radius 2 is 2.33 bits per heavy atom. The van der Waals surface area contributed by atoms with Crippen molar-refractivity contribution >= 4 is 5.97 Å². The van der Waals surface area contributed by atoms with Crippen LogP contribution >= 0.6 is 0 Å². The Morgan fingerprint density at radius 3 is 2.78 bits per heavy atom. The quantitative estimate of drug-likeness (QED) is 0.372. The molecule has 9 heavy (non-hydrogen) atoms. The number of hydrogen-bond donors (Lipinski definition) is 0. The van der Waals surface area contributed by atoms with Crippen LogP contribution in [0, 0.1) is 12.0 Å². The third-order valence-electron chi connectivity index (χ3n) is 0.483. The minimum absolute atomic E-state index is 0.285. The summed E-state index contributed by atoms with van der Waals surface area (Å²) in [5.74, 6) is 2.05. The largest absolute Gasteiger partial charge is 0.372 e. The van der Waals surface area contributed by atoms with E-state index in [1.807, 2.05) is 0 Å². The van der Waals surface area contributed by atoms with Gasteiger partial charge in [0.1, 0.15) is 12.7 Å². The van der Waals surface area contributed by atoms with Crippen LogP contribution in [0.15, 0.2) is 0 Å². The summed E-state index contributed by atoms with van der Waals surface area (Å²) in [6.45, 7) is 1.58. The summed E-state index contributed by atoms with van der Waals surface area (Å²) in [6.07, 6.45) is 2.16. The molecule has 0 saturated heterocycles. The van der Waals surface area contributed by atoms with Gasteiger partial charge in [-0.2, -0.15) is 0 Å². The highest BCUT2D eigenvalue weighted by Crippen LogP contribution is 1.69. The van der Waals surface area contributed by atoms with Crippen molar-refractivity contribution in [3.63, 3.8) is 0 Å². The summed E-state index contributed by atoms with van der Waals surface area (Å²) in [7, 11) is 1.52. The van der Waals surface area contributed by atoms with Crippen LogP contribution in [0.25, 0.3) is 0 Å². The molecular weight excluding hydrogens is 120 g/mol. The Bertz CT molecular complexity index is 140. The molecule has 0 rings (SSSR count). The van der Waals surface area contributed by atoms with Gasteiger partial charge >= 0.3 is 5.97 Å². The zero-order valence-electron chi connectivity index (χ0n) is 5.43. The Hall–Kier alpha value is -1.01. The maximum absolute atomic E-state index is 10.0. The first-order valence-corrected chi connectivity index (χ1v) is 2.41. The summed E-state index contributed by atoms with van der Waals surface area (Å²) >= 11 is 0. The number of rotatable bonds is 1. The number of methoxy groups -OCH3 is 1. The van der Waals surface area contributed by atoms with Crippen molar-refractivity contribution in [2.75, 3.05) is 13.7 Å². The Morgan fingerprint density at radius 1 is 1.67 bits per heavy atom. The average Bonchev–Trinajstić information content (AvgIpc) is 1.80. The average molecular weight is 128 g/mol. The van der Waals surface area contributed by atoms with E-state index in [-0.39, 0.29) is 6.61 Å². The van der Waals surface area contributed by atoms with Gasteiger partial charge in [0, 0.05) is 14.0 Å². The number of esters is 1. The predicted octanol–water partition coefficient (Wildman–Crippen LogP) is 0.157. The minimum atomic E-state index is -0.404. The molecule has 0 atom stereocenters. The molecule has 0 aromatic carbocycles. The molecule has 0 aromatic heterocycles. The summed E-state index contributed by atoms with van der Waals surface area (Å²) in [6, 6.07) is 0. The van der Waals surface area contributed by atoms with Gasteiger partial charge in [-0.3, -0.25) is 4.79 Å². The van der Waals surface area contributed by atoms with Crippen LogP contribution in [0.2, 0.25) is 0 Å². The molecule has 0 heterocycles. The van der Waals surface area contributed by atoms with E-state index in [0.717, 1.165) is 0 Å². The second kappa shape index (κ2) is 5.13. The lowest BCUT2D eigenvalue weighted by Crippen LogP contribution is -1.91. The van der Waals surface area contributed by atoms with E-state index in [9.17, 15) is 4.79 Å². The van der Waals surface area contributed by atoms with Crippen LogP contribution < -0.4 is 0 Å². The van der Waals surface area contributed by atoms with Crippen LogP contribution in [0.4, 0.5) is 0 Å². The van der Waals surface area contributed by atoms with Crippen molar-refractivity contribution in [2.24, 2.45) is 0 Å². The third kappa shape index (κ3) is 6.99. The van der Waals surface area contributed by atoms with E-state index in [1.54, 1.807) is 0 Å². The maximum atomic E-state index is 10.0. The number of carbonyl (C=O) groups is 1. The molecule has 0 spiro atoms. The number of ether oxygens (including phenoxy) is 2. The van der Waals surface area contributed by atoms with Gasteiger partial charge in [0.25, 0.3) is 0 Å². The number of carbonyl (C=O) groups excluding carboxylic acids is 1. The molecule has 50 valence electrons. The first kappa shape index (κ1) is 7.99. The van der Waals surface area contributed by atoms with Crippen LogP contribution in [-0.4, -0.2) is 19.7 Å². The maximum Gasteiger partial charge on any atom is 0.316 e. The number of hydrogen-bond acceptors (Lipinski definition) is 3. The van der Waals surface area contributed by atoms with Gasteiger partial charge in [0.15, 0.2) is 0 Å². The lowest BCUT2D eigenvalue weighted by Gasteiger charge is -1.83.